The molecule has 0 amide bonds. The van der Waals surface area contributed by atoms with Crippen molar-refractivity contribution in [1.82, 2.24) is 0 Å². The summed E-state index contributed by atoms with van der Waals surface area (Å²) in [6.45, 7) is 0. The summed E-state index contributed by atoms with van der Waals surface area (Å²) in [4.78, 5) is 0. The predicted molar refractivity (Wildman–Crippen MR) is 218 cm³/mol. The molecule has 2 aliphatic heterocycles. The van der Waals surface area contributed by atoms with Crippen LogP contribution >= 0.6 is 0 Å². The number of benzene rings is 7. The van der Waals surface area contributed by atoms with Crippen LogP contribution in [0.1, 0.15) is 33.4 Å². The summed E-state index contributed by atoms with van der Waals surface area (Å²) in [5.74, 6) is -0.429. The van der Waals surface area contributed by atoms with Gasteiger partial charge in [0, 0.05) is 28.2 Å². The third kappa shape index (κ3) is 4.64. The lowest BCUT2D eigenvalue weighted by Crippen LogP contribution is -2.59. The number of fused-ring (bicyclic) bond motifs is 11. The zero-order chi connectivity index (χ0) is 36.3. The molecule has 2 unspecified atom stereocenters. The van der Waals surface area contributed by atoms with E-state index in [4.69, 9.17) is 0 Å². The molecule has 2 N–H and O–H groups in total. The Labute approximate surface area is 315 Å². The van der Waals surface area contributed by atoms with Gasteiger partial charge in [-0.05, 0) is 40.0 Å². The summed E-state index contributed by atoms with van der Waals surface area (Å²) in [6, 6.07) is 63.1. The third-order valence-corrected chi connectivity index (χ3v) is 11.5. The Morgan fingerprint density at radius 2 is 0.926 bits per heavy atom. The highest BCUT2D eigenvalue weighted by Gasteiger charge is 2.53. The van der Waals surface area contributed by atoms with E-state index in [0.717, 1.165) is 67.1 Å². The van der Waals surface area contributed by atoms with Gasteiger partial charge in [-0.15, -0.1) is 0 Å². The first-order valence-corrected chi connectivity index (χ1v) is 18.6. The molecule has 0 saturated heterocycles. The van der Waals surface area contributed by atoms with Crippen molar-refractivity contribution >= 4 is 22.6 Å². The van der Waals surface area contributed by atoms with Gasteiger partial charge in [0.1, 0.15) is 11.2 Å². The molecule has 260 valence electrons. The highest BCUT2D eigenvalue weighted by atomic mass is 16.3. The van der Waals surface area contributed by atoms with E-state index in [1.807, 2.05) is 121 Å². The quantitative estimate of drug-likeness (QED) is 0.170. The van der Waals surface area contributed by atoms with Crippen molar-refractivity contribution in [2.75, 3.05) is 10.0 Å². The zero-order valence-electron chi connectivity index (χ0n) is 29.6. The molecule has 0 aromatic heterocycles. The van der Waals surface area contributed by atoms with Crippen molar-refractivity contribution in [3.05, 3.63) is 240 Å². The fourth-order valence-electron chi connectivity index (χ4n) is 9.16. The van der Waals surface area contributed by atoms with Crippen molar-refractivity contribution in [2.45, 2.75) is 17.2 Å². The fourth-order valence-corrected chi connectivity index (χ4v) is 9.16. The largest absolute Gasteiger partial charge is 0.380 e. The second-order valence-corrected chi connectivity index (χ2v) is 14.3. The molecule has 7 aromatic carbocycles. The first-order chi connectivity index (χ1) is 26.6. The van der Waals surface area contributed by atoms with E-state index in [2.05, 4.69) is 95.0 Å². The van der Waals surface area contributed by atoms with Crippen LogP contribution in [0.5, 0.6) is 0 Å². The molecule has 2 atom stereocenters. The smallest absolute Gasteiger partial charge is 0.142 e. The minimum Gasteiger partial charge on any atom is -0.380 e. The molecule has 2 heterocycles. The maximum Gasteiger partial charge on any atom is 0.142 e. The van der Waals surface area contributed by atoms with Gasteiger partial charge in [-0.3, -0.25) is 10.0 Å². The molecule has 3 aliphatic rings. The van der Waals surface area contributed by atoms with Crippen LogP contribution < -0.4 is 10.0 Å². The summed E-state index contributed by atoms with van der Waals surface area (Å²) in [7, 11) is 0. The first kappa shape index (κ1) is 32.2. The maximum absolute atomic E-state index is 13.5. The van der Waals surface area contributed by atoms with Crippen molar-refractivity contribution in [3.8, 4) is 11.1 Å². The minimum atomic E-state index is -1.50. The van der Waals surface area contributed by atoms with Crippen LogP contribution in [0, 0.1) is 5.92 Å². The van der Waals surface area contributed by atoms with Gasteiger partial charge in [0.05, 0.1) is 23.1 Å². The zero-order valence-corrected chi connectivity index (χ0v) is 29.6. The van der Waals surface area contributed by atoms with E-state index >= 15 is 0 Å². The molecule has 4 heteroatoms. The van der Waals surface area contributed by atoms with Gasteiger partial charge in [-0.2, -0.15) is 0 Å². The summed E-state index contributed by atoms with van der Waals surface area (Å²) in [5.41, 5.74) is 8.29. The molecule has 4 nitrogen and oxygen atoms in total. The highest BCUT2D eigenvalue weighted by molar-refractivity contribution is 6.03. The maximum atomic E-state index is 13.5. The molecule has 0 spiro atoms. The average Bonchev–Trinajstić information content (AvgIpc) is 3.26. The molecule has 0 fully saturated rings. The molecule has 0 radical (unpaired) electrons. The standard InChI is InChI=1S/C50H38N2O2/c53-49(35-19-5-1-6-20-35,36-21-7-2-8-22-36)43-31-17-29-41-39-27-13-16-34-46(39)52-48-42(40-28-14-15-33-45(40)51(52)47(41)43)30-18-32-44(48)50(54,37-23-9-3-10-24-37)38-25-11-4-12-26-38/h1-34,43,47,53-54H. The second kappa shape index (κ2) is 12.6. The third-order valence-electron chi connectivity index (χ3n) is 11.5. The minimum absolute atomic E-state index is 0.348. The van der Waals surface area contributed by atoms with Gasteiger partial charge >= 0.3 is 0 Å². The number of para-hydroxylation sites is 3. The topological polar surface area (TPSA) is 46.9 Å². The Bertz CT molecular complexity index is 2470. The molecular formula is C50H38N2O2. The number of hydrogen-bond donors (Lipinski definition) is 2. The highest BCUT2D eigenvalue weighted by Crippen LogP contribution is 2.59. The average molecular weight is 699 g/mol. The van der Waals surface area contributed by atoms with E-state index < -0.39 is 17.1 Å². The van der Waals surface area contributed by atoms with E-state index in [-0.39, 0.29) is 6.04 Å². The van der Waals surface area contributed by atoms with Crippen molar-refractivity contribution in [1.29, 1.82) is 0 Å². The number of anilines is 3. The summed E-state index contributed by atoms with van der Waals surface area (Å²) < 4.78 is 0. The number of nitrogens with zero attached hydrogens (tertiary/aromatic N) is 2. The molecule has 0 saturated carbocycles. The van der Waals surface area contributed by atoms with Gasteiger partial charge in [-0.1, -0.05) is 194 Å². The Morgan fingerprint density at radius 1 is 0.444 bits per heavy atom. The lowest BCUT2D eigenvalue weighted by Gasteiger charge is -2.57. The van der Waals surface area contributed by atoms with Crippen LogP contribution in [0.25, 0.3) is 16.7 Å². The van der Waals surface area contributed by atoms with Crippen LogP contribution in [0.2, 0.25) is 0 Å². The SMILES string of the molecule is OC(c1ccccc1)(c1ccccc1)c1cccc2c1N1c3ccccc3C3=CC=CC(C(O)(c4ccccc4)c4ccccc4)C3N1c1ccccc1-2. The Kier molecular flexibility index (Phi) is 7.51. The van der Waals surface area contributed by atoms with Crippen LogP contribution in [0.15, 0.2) is 206 Å². The molecular weight excluding hydrogens is 661 g/mol. The Hall–Kier alpha value is -6.46. The Morgan fingerprint density at radius 3 is 1.52 bits per heavy atom. The van der Waals surface area contributed by atoms with Crippen molar-refractivity contribution < 1.29 is 10.2 Å². The van der Waals surface area contributed by atoms with Gasteiger partial charge in [0.15, 0.2) is 0 Å². The fraction of sp³-hybridized carbons (Fsp3) is 0.0800. The lowest BCUT2D eigenvalue weighted by atomic mass is 9.67. The van der Waals surface area contributed by atoms with Crippen molar-refractivity contribution in [3.63, 3.8) is 0 Å². The summed E-state index contributed by atoms with van der Waals surface area (Å²) in [6.07, 6.45) is 6.50. The van der Waals surface area contributed by atoms with Crippen LogP contribution in [-0.4, -0.2) is 16.3 Å². The van der Waals surface area contributed by atoms with Crippen LogP contribution in [-0.2, 0) is 11.2 Å². The van der Waals surface area contributed by atoms with Crippen molar-refractivity contribution in [2.24, 2.45) is 5.92 Å². The van der Waals surface area contributed by atoms with Crippen LogP contribution in [0.4, 0.5) is 17.1 Å². The number of hydrogen-bond acceptors (Lipinski definition) is 4. The number of aliphatic hydroxyl groups is 2. The normalized spacial score (nSPS) is 17.0. The second-order valence-electron chi connectivity index (χ2n) is 14.3. The summed E-state index contributed by atoms with van der Waals surface area (Å²) >= 11 is 0. The van der Waals surface area contributed by atoms with Gasteiger partial charge in [0.2, 0.25) is 0 Å². The number of allylic oxidation sites excluding steroid dienone is 2. The molecule has 1 aliphatic carbocycles. The van der Waals surface area contributed by atoms with E-state index in [9.17, 15) is 10.2 Å². The Balaban J connectivity index is 1.29. The van der Waals surface area contributed by atoms with E-state index in [1.165, 1.54) is 0 Å². The molecule has 10 rings (SSSR count). The van der Waals surface area contributed by atoms with Gasteiger partial charge < -0.3 is 10.2 Å². The molecule has 7 aromatic rings. The molecule has 0 bridgehead atoms. The first-order valence-electron chi connectivity index (χ1n) is 18.6. The van der Waals surface area contributed by atoms with Gasteiger partial charge in [-0.25, -0.2) is 0 Å². The monoisotopic (exact) mass is 698 g/mol. The predicted octanol–water partition coefficient (Wildman–Crippen LogP) is 10.4. The lowest BCUT2D eigenvalue weighted by molar-refractivity contribution is 0.0307. The van der Waals surface area contributed by atoms with E-state index in [0.29, 0.717) is 0 Å². The van der Waals surface area contributed by atoms with E-state index in [1.54, 1.807) is 0 Å². The van der Waals surface area contributed by atoms with Crippen LogP contribution in [0.3, 0.4) is 0 Å². The summed E-state index contributed by atoms with van der Waals surface area (Å²) in [5, 5.41) is 31.7. The van der Waals surface area contributed by atoms with Gasteiger partial charge in [0.25, 0.3) is 0 Å². The number of hydrazine groups is 1. The molecule has 54 heavy (non-hydrogen) atoms. The number of rotatable bonds is 6.